The number of carbonyl (C=O) groups is 4. The molecule has 0 N–H and O–H groups in total. The van der Waals surface area contributed by atoms with Crippen LogP contribution in [0.25, 0.3) is 0 Å². The Balaban J connectivity index is 2.17. The first-order valence-corrected chi connectivity index (χ1v) is 15.3. The average Bonchev–Trinajstić information content (AvgIpc) is 2.92. The van der Waals surface area contributed by atoms with Crippen LogP contribution in [-0.2, 0) is 32.3 Å². The van der Waals surface area contributed by atoms with Crippen molar-refractivity contribution >= 4 is 36.2 Å². The van der Waals surface area contributed by atoms with Gasteiger partial charge < -0.3 is 9.47 Å². The minimum Gasteiger partial charge on any atom is -0.457 e. The van der Waals surface area contributed by atoms with E-state index in [4.69, 9.17) is 9.47 Å². The van der Waals surface area contributed by atoms with Crippen LogP contribution >= 0.6 is 7.92 Å². The van der Waals surface area contributed by atoms with E-state index in [0.29, 0.717) is 27.6 Å². The molecule has 0 fully saturated rings. The van der Waals surface area contributed by atoms with E-state index in [1.165, 1.54) is 0 Å². The molecule has 0 aliphatic carbocycles. The molecule has 0 atom stereocenters. The fourth-order valence-electron chi connectivity index (χ4n) is 5.20. The molecule has 0 radical (unpaired) electrons. The lowest BCUT2D eigenvalue weighted by atomic mass is 9.94. The van der Waals surface area contributed by atoms with Gasteiger partial charge >= 0.3 is 11.9 Å². The molecular weight excluding hydrogens is 559 g/mol. The molecule has 0 aromatic heterocycles. The highest BCUT2D eigenvalue weighted by atomic mass is 31.1. The molecule has 7 heteroatoms. The van der Waals surface area contributed by atoms with Gasteiger partial charge in [0.05, 0.1) is 7.92 Å². The first-order valence-electron chi connectivity index (χ1n) is 14.0. The van der Waals surface area contributed by atoms with Crippen LogP contribution in [0.5, 0.6) is 0 Å². The second-order valence-electron chi connectivity index (χ2n) is 11.0. The summed E-state index contributed by atoms with van der Waals surface area (Å²) in [6, 6.07) is 12.9. The lowest BCUT2D eigenvalue weighted by Crippen LogP contribution is -2.20. The van der Waals surface area contributed by atoms with Gasteiger partial charge in [-0.2, -0.15) is 0 Å². The molecule has 0 aliphatic heterocycles. The second-order valence-corrected chi connectivity index (χ2v) is 13.0. The maximum absolute atomic E-state index is 14.6. The fourth-order valence-corrected chi connectivity index (χ4v) is 7.46. The summed E-state index contributed by atoms with van der Waals surface area (Å²) in [5.74, 6) is -1.02. The Kier molecular flexibility index (Phi) is 10.8. The Morgan fingerprint density at radius 1 is 0.628 bits per heavy atom. The highest BCUT2D eigenvalue weighted by Gasteiger charge is 2.35. The van der Waals surface area contributed by atoms with E-state index >= 15 is 0 Å². The van der Waals surface area contributed by atoms with E-state index < -0.39 is 19.9 Å². The zero-order chi connectivity index (χ0) is 32.2. The minimum absolute atomic E-state index is 0.0103. The summed E-state index contributed by atoms with van der Waals surface area (Å²) in [6.45, 7) is 21.6. The van der Waals surface area contributed by atoms with Crippen LogP contribution < -0.4 is 5.30 Å². The third kappa shape index (κ3) is 7.26. The highest BCUT2D eigenvalue weighted by molar-refractivity contribution is 7.96. The van der Waals surface area contributed by atoms with Gasteiger partial charge in [-0.3, -0.25) is 9.59 Å². The number of rotatable bonds is 11. The van der Waals surface area contributed by atoms with Crippen molar-refractivity contribution in [1.29, 1.82) is 0 Å². The molecular formula is C36H39O6P. The molecule has 43 heavy (non-hydrogen) atoms. The Bertz CT molecular complexity index is 1540. The Hall–Kier alpha value is -4.15. The van der Waals surface area contributed by atoms with E-state index in [9.17, 15) is 19.2 Å². The fraction of sp³-hybridized carbons (Fsp3) is 0.278. The molecule has 0 amide bonds. The van der Waals surface area contributed by atoms with Crippen molar-refractivity contribution in [3.63, 3.8) is 0 Å². The van der Waals surface area contributed by atoms with Gasteiger partial charge in [-0.25, -0.2) is 9.59 Å². The zero-order valence-corrected chi connectivity index (χ0v) is 27.2. The van der Waals surface area contributed by atoms with Gasteiger partial charge in [0.15, 0.2) is 11.0 Å². The third-order valence-corrected chi connectivity index (χ3v) is 9.58. The van der Waals surface area contributed by atoms with Crippen molar-refractivity contribution in [2.24, 2.45) is 0 Å². The van der Waals surface area contributed by atoms with Crippen LogP contribution in [-0.4, -0.2) is 23.0 Å². The number of hydrogen-bond acceptors (Lipinski definition) is 6. The molecule has 0 saturated heterocycles. The number of aryl methyl sites for hydroxylation is 4. The van der Waals surface area contributed by atoms with Crippen molar-refractivity contribution in [3.05, 3.63) is 122 Å². The number of esters is 2. The SMILES string of the molecule is C=C(C)C(=O)OCc1c(C)cc(C)c(C(=O)P(C(=O)c2c(C)cc(C)c(COC(=O)C(=C)C)c2C)c2ccccc2)c1C. The van der Waals surface area contributed by atoms with Crippen molar-refractivity contribution in [1.82, 2.24) is 0 Å². The Morgan fingerprint density at radius 3 is 1.35 bits per heavy atom. The standard InChI is InChI=1S/C36H39O6P/c1-20(2)33(37)41-18-29-22(5)16-24(7)31(26(29)9)35(39)43(28-14-12-11-13-15-28)36(40)32-25(8)17-23(6)30(27(32)10)19-42-34(38)21(3)4/h11-17H,1,3,18-19H2,2,4-10H3. The normalized spacial score (nSPS) is 10.8. The largest absolute Gasteiger partial charge is 0.457 e. The summed E-state index contributed by atoms with van der Waals surface area (Å²) in [5, 5.41) is 0.636. The summed E-state index contributed by atoms with van der Waals surface area (Å²) in [6.07, 6.45) is 0. The minimum atomic E-state index is -2.03. The second kappa shape index (κ2) is 13.9. The number of benzene rings is 3. The third-order valence-electron chi connectivity index (χ3n) is 7.50. The molecule has 0 unspecified atom stereocenters. The maximum Gasteiger partial charge on any atom is 0.333 e. The van der Waals surface area contributed by atoms with Crippen LogP contribution in [0.4, 0.5) is 0 Å². The molecule has 0 saturated carbocycles. The van der Waals surface area contributed by atoms with Crippen molar-refractivity contribution in [2.45, 2.75) is 68.6 Å². The first-order chi connectivity index (χ1) is 20.2. The molecule has 0 bridgehead atoms. The summed E-state index contributed by atoms with van der Waals surface area (Å²) in [4.78, 5) is 53.4. The van der Waals surface area contributed by atoms with E-state index in [2.05, 4.69) is 13.2 Å². The van der Waals surface area contributed by atoms with Crippen molar-refractivity contribution in [3.8, 4) is 0 Å². The van der Waals surface area contributed by atoms with Crippen LogP contribution in [0, 0.1) is 41.5 Å². The van der Waals surface area contributed by atoms with E-state index in [1.807, 2.05) is 84.0 Å². The molecule has 0 heterocycles. The molecule has 0 aliphatic rings. The summed E-state index contributed by atoms with van der Waals surface area (Å²) in [7, 11) is -2.03. The maximum atomic E-state index is 14.6. The highest BCUT2D eigenvalue weighted by Crippen LogP contribution is 2.46. The molecule has 3 aromatic carbocycles. The zero-order valence-electron chi connectivity index (χ0n) is 26.3. The van der Waals surface area contributed by atoms with Crippen LogP contribution in [0.2, 0.25) is 0 Å². The van der Waals surface area contributed by atoms with Crippen molar-refractivity contribution in [2.75, 3.05) is 0 Å². The van der Waals surface area contributed by atoms with Gasteiger partial charge in [-0.05, 0) is 105 Å². The number of ether oxygens (including phenoxy) is 2. The predicted molar refractivity (Wildman–Crippen MR) is 172 cm³/mol. The average molecular weight is 599 g/mol. The topological polar surface area (TPSA) is 86.7 Å². The molecule has 224 valence electrons. The van der Waals surface area contributed by atoms with Gasteiger partial charge in [0.1, 0.15) is 13.2 Å². The van der Waals surface area contributed by atoms with E-state index in [-0.39, 0.29) is 35.4 Å². The monoisotopic (exact) mass is 598 g/mol. The lowest BCUT2D eigenvalue weighted by molar-refractivity contribution is -0.141. The summed E-state index contributed by atoms with van der Waals surface area (Å²) >= 11 is 0. The van der Waals surface area contributed by atoms with Gasteiger partial charge in [0.2, 0.25) is 0 Å². The Labute approximate surface area is 255 Å². The quantitative estimate of drug-likeness (QED) is 0.129. The van der Waals surface area contributed by atoms with Crippen molar-refractivity contribution < 1.29 is 28.7 Å². The molecule has 3 rings (SSSR count). The van der Waals surface area contributed by atoms with Gasteiger partial charge in [0.25, 0.3) is 0 Å². The first kappa shape index (κ1) is 33.4. The van der Waals surface area contributed by atoms with Gasteiger partial charge in [-0.1, -0.05) is 55.6 Å². The van der Waals surface area contributed by atoms with Gasteiger partial charge in [-0.15, -0.1) is 0 Å². The van der Waals surface area contributed by atoms with Crippen LogP contribution in [0.15, 0.2) is 66.8 Å². The van der Waals surface area contributed by atoms with E-state index in [1.54, 1.807) is 13.8 Å². The van der Waals surface area contributed by atoms with Crippen LogP contribution in [0.1, 0.15) is 79.1 Å². The molecule has 6 nitrogen and oxygen atoms in total. The molecule has 0 spiro atoms. The number of hydrogen-bond donors (Lipinski definition) is 0. The summed E-state index contributed by atoms with van der Waals surface area (Å²) < 4.78 is 10.9. The van der Waals surface area contributed by atoms with Crippen LogP contribution in [0.3, 0.4) is 0 Å². The lowest BCUT2D eigenvalue weighted by Gasteiger charge is -2.23. The van der Waals surface area contributed by atoms with E-state index in [0.717, 1.165) is 33.4 Å². The molecule has 3 aromatic rings. The summed E-state index contributed by atoms with van der Waals surface area (Å²) in [5.41, 5.74) is 7.00. The smallest absolute Gasteiger partial charge is 0.333 e. The van der Waals surface area contributed by atoms with Gasteiger partial charge in [0, 0.05) is 22.3 Å². The predicted octanol–water partition coefficient (Wildman–Crippen LogP) is 7.56. The Morgan fingerprint density at radius 2 is 1.00 bits per heavy atom. The number of carbonyl (C=O) groups excluding carboxylic acids is 4.